The van der Waals surface area contributed by atoms with E-state index in [0.717, 1.165) is 0 Å². The van der Waals surface area contributed by atoms with Crippen LogP contribution in [0.2, 0.25) is 0 Å². The normalized spacial score (nSPS) is 22.6. The molecule has 102 valence electrons. The molecule has 1 aliphatic heterocycles. The van der Waals surface area contributed by atoms with Crippen LogP contribution in [0.5, 0.6) is 0 Å². The van der Waals surface area contributed by atoms with Crippen molar-refractivity contribution >= 4 is 10.0 Å². The molecule has 6 heteroatoms. The second kappa shape index (κ2) is 5.65. The van der Waals surface area contributed by atoms with E-state index in [-0.39, 0.29) is 11.2 Å². The zero-order valence-electron chi connectivity index (χ0n) is 10.9. The lowest BCUT2D eigenvalue weighted by Gasteiger charge is -2.35. The fourth-order valence-electron chi connectivity index (χ4n) is 1.79. The molecular formula is C11H24N2O3S. The first kappa shape index (κ1) is 14.9. The van der Waals surface area contributed by atoms with E-state index >= 15 is 0 Å². The third kappa shape index (κ3) is 3.64. The van der Waals surface area contributed by atoms with Crippen molar-refractivity contribution in [2.45, 2.75) is 44.4 Å². The third-order valence-electron chi connectivity index (χ3n) is 3.68. The molecule has 0 aromatic rings. The molecule has 0 bridgehead atoms. The van der Waals surface area contributed by atoms with E-state index in [1.807, 2.05) is 20.8 Å². The van der Waals surface area contributed by atoms with E-state index < -0.39 is 15.6 Å². The summed E-state index contributed by atoms with van der Waals surface area (Å²) in [6, 6.07) is 0. The minimum Gasteiger partial charge on any atom is -0.381 e. The smallest absolute Gasteiger partial charge is 0.215 e. The minimum atomic E-state index is -3.31. The number of ether oxygens (including phenoxy) is 1. The average molecular weight is 264 g/mol. The van der Waals surface area contributed by atoms with Crippen molar-refractivity contribution in [3.05, 3.63) is 0 Å². The molecule has 0 amide bonds. The Bertz CT molecular complexity index is 337. The zero-order chi connectivity index (χ0) is 13.1. The van der Waals surface area contributed by atoms with Crippen molar-refractivity contribution in [2.75, 3.05) is 19.8 Å². The monoisotopic (exact) mass is 264 g/mol. The summed E-state index contributed by atoms with van der Waals surface area (Å²) < 4.78 is 32.4. The molecule has 1 aliphatic rings. The molecule has 0 aromatic heterocycles. The van der Waals surface area contributed by atoms with E-state index in [2.05, 4.69) is 4.72 Å². The van der Waals surface area contributed by atoms with Crippen LogP contribution in [0.25, 0.3) is 0 Å². The Balaban J connectivity index is 2.77. The molecule has 0 aromatic carbocycles. The van der Waals surface area contributed by atoms with Gasteiger partial charge in [0.1, 0.15) is 0 Å². The predicted octanol–water partition coefficient (Wildman–Crippen LogP) is 0.458. The summed E-state index contributed by atoms with van der Waals surface area (Å²) >= 11 is 0. The lowest BCUT2D eigenvalue weighted by Crippen LogP contribution is -2.57. The summed E-state index contributed by atoms with van der Waals surface area (Å²) in [6.07, 6.45) is 1.13. The van der Waals surface area contributed by atoms with Crippen LogP contribution in [0.15, 0.2) is 0 Å². The topological polar surface area (TPSA) is 81.4 Å². The summed E-state index contributed by atoms with van der Waals surface area (Å²) in [5.74, 6) is 0.155. The van der Waals surface area contributed by atoms with Crippen LogP contribution in [0.4, 0.5) is 0 Å². The van der Waals surface area contributed by atoms with Gasteiger partial charge in [0.05, 0.1) is 5.25 Å². The number of hydrogen-bond donors (Lipinski definition) is 2. The highest BCUT2D eigenvalue weighted by atomic mass is 32.2. The highest BCUT2D eigenvalue weighted by molar-refractivity contribution is 7.90. The van der Waals surface area contributed by atoms with Gasteiger partial charge in [-0.05, 0) is 25.7 Å². The fraction of sp³-hybridized carbons (Fsp3) is 1.00. The summed E-state index contributed by atoms with van der Waals surface area (Å²) in [6.45, 7) is 7.14. The van der Waals surface area contributed by atoms with E-state index in [4.69, 9.17) is 10.5 Å². The van der Waals surface area contributed by atoms with Gasteiger partial charge in [-0.25, -0.2) is 13.1 Å². The summed E-state index contributed by atoms with van der Waals surface area (Å²) in [4.78, 5) is 0. The average Bonchev–Trinajstić information content (AvgIpc) is 2.29. The highest BCUT2D eigenvalue weighted by Crippen LogP contribution is 2.21. The summed E-state index contributed by atoms with van der Waals surface area (Å²) in [7, 11) is -3.31. The Morgan fingerprint density at radius 3 is 2.35 bits per heavy atom. The van der Waals surface area contributed by atoms with Crippen LogP contribution in [0.3, 0.4) is 0 Å². The Morgan fingerprint density at radius 1 is 1.41 bits per heavy atom. The van der Waals surface area contributed by atoms with E-state index in [0.29, 0.717) is 32.6 Å². The van der Waals surface area contributed by atoms with Crippen LogP contribution in [-0.2, 0) is 14.8 Å². The molecule has 17 heavy (non-hydrogen) atoms. The Labute approximate surface area is 104 Å². The maximum absolute atomic E-state index is 12.2. The number of nitrogens with two attached hydrogens (primary N) is 1. The Kier molecular flexibility index (Phi) is 4.95. The molecule has 1 atom stereocenters. The molecule has 3 N–H and O–H groups in total. The quantitative estimate of drug-likeness (QED) is 0.756. The van der Waals surface area contributed by atoms with Gasteiger partial charge in [-0.15, -0.1) is 0 Å². The van der Waals surface area contributed by atoms with Gasteiger partial charge in [0.25, 0.3) is 0 Å². The molecule has 1 unspecified atom stereocenters. The third-order valence-corrected chi connectivity index (χ3v) is 5.78. The number of rotatable bonds is 5. The second-order valence-electron chi connectivity index (χ2n) is 5.24. The van der Waals surface area contributed by atoms with E-state index in [1.165, 1.54) is 0 Å². The lowest BCUT2D eigenvalue weighted by molar-refractivity contribution is 0.0978. The fourth-order valence-corrected chi connectivity index (χ4v) is 3.74. The van der Waals surface area contributed by atoms with Crippen LogP contribution < -0.4 is 10.5 Å². The van der Waals surface area contributed by atoms with E-state index in [9.17, 15) is 8.42 Å². The molecule has 1 rings (SSSR count). The first-order chi connectivity index (χ1) is 7.82. The van der Waals surface area contributed by atoms with Crippen molar-refractivity contribution < 1.29 is 13.2 Å². The van der Waals surface area contributed by atoms with Gasteiger partial charge in [0.15, 0.2) is 0 Å². The van der Waals surface area contributed by atoms with E-state index in [1.54, 1.807) is 0 Å². The second-order valence-corrected chi connectivity index (χ2v) is 7.20. The molecule has 1 heterocycles. The molecule has 1 saturated heterocycles. The SMILES string of the molecule is CC(C)C(C)(CN)NS(=O)(=O)C1CCOCC1. The van der Waals surface area contributed by atoms with Gasteiger partial charge in [0, 0.05) is 25.3 Å². The largest absolute Gasteiger partial charge is 0.381 e. The van der Waals surface area contributed by atoms with Crippen LogP contribution >= 0.6 is 0 Å². The van der Waals surface area contributed by atoms with Crippen molar-refractivity contribution in [3.8, 4) is 0 Å². The number of hydrogen-bond acceptors (Lipinski definition) is 4. The van der Waals surface area contributed by atoms with Gasteiger partial charge >= 0.3 is 0 Å². The Hall–Kier alpha value is -0.170. The molecule has 0 radical (unpaired) electrons. The summed E-state index contributed by atoms with van der Waals surface area (Å²) in [5.41, 5.74) is 5.12. The van der Waals surface area contributed by atoms with Crippen molar-refractivity contribution in [2.24, 2.45) is 11.7 Å². The van der Waals surface area contributed by atoms with Crippen LogP contribution in [0, 0.1) is 5.92 Å². The Morgan fingerprint density at radius 2 is 1.94 bits per heavy atom. The minimum absolute atomic E-state index is 0.155. The molecule has 1 fully saturated rings. The first-order valence-electron chi connectivity index (χ1n) is 6.12. The number of nitrogens with one attached hydrogen (secondary N) is 1. The molecule has 0 aliphatic carbocycles. The maximum Gasteiger partial charge on any atom is 0.215 e. The first-order valence-corrected chi connectivity index (χ1v) is 7.67. The van der Waals surface area contributed by atoms with Crippen molar-refractivity contribution in [3.63, 3.8) is 0 Å². The van der Waals surface area contributed by atoms with Gasteiger partial charge in [0.2, 0.25) is 10.0 Å². The van der Waals surface area contributed by atoms with Crippen molar-refractivity contribution in [1.82, 2.24) is 4.72 Å². The van der Waals surface area contributed by atoms with Gasteiger partial charge in [-0.1, -0.05) is 13.8 Å². The lowest BCUT2D eigenvalue weighted by atomic mass is 9.90. The highest BCUT2D eigenvalue weighted by Gasteiger charge is 2.36. The van der Waals surface area contributed by atoms with Crippen molar-refractivity contribution in [1.29, 1.82) is 0 Å². The van der Waals surface area contributed by atoms with Crippen LogP contribution in [0.1, 0.15) is 33.6 Å². The molecular weight excluding hydrogens is 240 g/mol. The zero-order valence-corrected chi connectivity index (χ0v) is 11.7. The molecule has 5 nitrogen and oxygen atoms in total. The number of sulfonamides is 1. The van der Waals surface area contributed by atoms with Gasteiger partial charge in [-0.2, -0.15) is 0 Å². The standard InChI is InChI=1S/C11H24N2O3S/c1-9(2)11(3,8-12)13-17(14,15)10-4-6-16-7-5-10/h9-10,13H,4-8,12H2,1-3H3. The maximum atomic E-state index is 12.2. The van der Waals surface area contributed by atoms with Crippen LogP contribution in [-0.4, -0.2) is 39.0 Å². The van der Waals surface area contributed by atoms with Gasteiger partial charge < -0.3 is 10.5 Å². The molecule has 0 spiro atoms. The summed E-state index contributed by atoms with van der Waals surface area (Å²) in [5, 5.41) is -0.346. The van der Waals surface area contributed by atoms with Gasteiger partial charge in [-0.3, -0.25) is 0 Å². The predicted molar refractivity (Wildman–Crippen MR) is 68.2 cm³/mol. The molecule has 0 saturated carbocycles.